The van der Waals surface area contributed by atoms with Gasteiger partial charge >= 0.3 is 0 Å². The summed E-state index contributed by atoms with van der Waals surface area (Å²) in [4.78, 5) is 16.8. The number of nitrogens with one attached hydrogen (secondary N) is 1. The molecule has 0 atom stereocenters. The summed E-state index contributed by atoms with van der Waals surface area (Å²) in [5.74, 6) is -2.29. The molecule has 1 aliphatic carbocycles. The largest absolute Gasteiger partial charge is 0.348 e. The predicted octanol–water partition coefficient (Wildman–Crippen LogP) is 3.07. The van der Waals surface area contributed by atoms with E-state index < -0.39 is 17.2 Å². The number of rotatable bonds is 3. The molecule has 1 amide bonds. The van der Waals surface area contributed by atoms with Gasteiger partial charge in [0.05, 0.1) is 5.69 Å². The zero-order chi connectivity index (χ0) is 17.6. The van der Waals surface area contributed by atoms with Crippen LogP contribution in [0.15, 0.2) is 36.5 Å². The molecule has 1 N–H and O–H groups in total. The van der Waals surface area contributed by atoms with Crippen molar-refractivity contribution in [1.29, 1.82) is 5.26 Å². The van der Waals surface area contributed by atoms with Crippen LogP contribution >= 0.6 is 0 Å². The minimum Gasteiger partial charge on any atom is -0.348 e. The van der Waals surface area contributed by atoms with Crippen LogP contribution in [-0.4, -0.2) is 21.5 Å². The van der Waals surface area contributed by atoms with E-state index in [1.807, 2.05) is 0 Å². The zero-order valence-electron chi connectivity index (χ0n) is 13.0. The molecular weight excluding hydrogens is 326 g/mol. The second-order valence-electron chi connectivity index (χ2n) is 5.93. The van der Waals surface area contributed by atoms with Gasteiger partial charge < -0.3 is 5.32 Å². The van der Waals surface area contributed by atoms with Crippen LogP contribution in [0.4, 0.5) is 8.78 Å². The van der Waals surface area contributed by atoms with Gasteiger partial charge in [-0.2, -0.15) is 5.26 Å². The van der Waals surface area contributed by atoms with E-state index >= 15 is 0 Å². The van der Waals surface area contributed by atoms with Gasteiger partial charge in [-0.25, -0.2) is 13.8 Å². The molecule has 0 spiro atoms. The number of fused-ring (bicyclic) bond motifs is 1. The van der Waals surface area contributed by atoms with E-state index in [9.17, 15) is 13.6 Å². The monoisotopic (exact) mass is 338 g/mol. The molecule has 0 unspecified atom stereocenters. The van der Waals surface area contributed by atoms with Crippen molar-refractivity contribution in [3.8, 4) is 11.8 Å². The Bertz CT molecular complexity index is 1020. The van der Waals surface area contributed by atoms with E-state index in [4.69, 9.17) is 5.26 Å². The molecule has 2 aromatic heterocycles. The molecule has 4 rings (SSSR count). The Morgan fingerprint density at radius 1 is 1.28 bits per heavy atom. The topological polar surface area (TPSA) is 70.7 Å². The number of aromatic nitrogens is 2. The van der Waals surface area contributed by atoms with E-state index in [2.05, 4.69) is 10.3 Å². The fourth-order valence-corrected chi connectivity index (χ4v) is 2.75. The highest BCUT2D eigenvalue weighted by molar-refractivity contribution is 5.99. The number of hydrogen-bond donors (Lipinski definition) is 1. The molecular formula is C18H12F2N4O. The molecule has 3 aromatic rings. The number of amides is 1. The molecule has 7 heteroatoms. The smallest absolute Gasteiger partial charge is 0.268 e. The molecule has 1 aliphatic rings. The van der Waals surface area contributed by atoms with Gasteiger partial charge in [-0.15, -0.1) is 0 Å². The predicted molar refractivity (Wildman–Crippen MR) is 86.2 cm³/mol. The quantitative estimate of drug-likeness (QED) is 0.798. The fourth-order valence-electron chi connectivity index (χ4n) is 2.75. The Balaban J connectivity index is 1.93. The lowest BCUT2D eigenvalue weighted by Crippen LogP contribution is -2.27. The van der Waals surface area contributed by atoms with Crippen molar-refractivity contribution < 1.29 is 13.6 Å². The van der Waals surface area contributed by atoms with Crippen molar-refractivity contribution in [3.63, 3.8) is 0 Å². The number of carbonyl (C=O) groups is 1. The van der Waals surface area contributed by atoms with Crippen molar-refractivity contribution in [3.05, 3.63) is 59.4 Å². The van der Waals surface area contributed by atoms with Crippen molar-refractivity contribution in [2.75, 3.05) is 0 Å². The lowest BCUT2D eigenvalue weighted by Gasteiger charge is -2.11. The minimum absolute atomic E-state index is 0.101. The van der Waals surface area contributed by atoms with Gasteiger partial charge in [-0.05, 0) is 43.2 Å². The standard InChI is InChI=1S/C18H12F2N4O/c19-14-7-12(8-15(20)13(14)9-21)24-16(18(25)23-11-3-4-11)6-10-2-1-5-22-17(10)24/h1-2,5-8,11H,3-4H2,(H,23,25). The highest BCUT2D eigenvalue weighted by atomic mass is 19.1. The third-order valence-corrected chi connectivity index (χ3v) is 4.10. The summed E-state index contributed by atoms with van der Waals surface area (Å²) < 4.78 is 29.5. The summed E-state index contributed by atoms with van der Waals surface area (Å²) in [6.45, 7) is 0. The maximum atomic E-state index is 14.1. The van der Waals surface area contributed by atoms with E-state index in [0.717, 1.165) is 25.0 Å². The molecule has 2 heterocycles. The Morgan fingerprint density at radius 3 is 2.64 bits per heavy atom. The number of nitriles is 1. The summed E-state index contributed by atoms with van der Waals surface area (Å²) in [5, 5.41) is 12.4. The van der Waals surface area contributed by atoms with Crippen LogP contribution < -0.4 is 5.32 Å². The normalized spacial score (nSPS) is 13.6. The van der Waals surface area contributed by atoms with Gasteiger partial charge in [0.2, 0.25) is 0 Å². The summed E-state index contributed by atoms with van der Waals surface area (Å²) in [5.41, 5.74) is 0.0943. The van der Waals surface area contributed by atoms with Crippen LogP contribution in [-0.2, 0) is 0 Å². The number of hydrogen-bond acceptors (Lipinski definition) is 3. The fraction of sp³-hybridized carbons (Fsp3) is 0.167. The lowest BCUT2D eigenvalue weighted by molar-refractivity contribution is 0.0944. The first kappa shape index (κ1) is 15.3. The minimum atomic E-state index is -0.983. The number of pyridine rings is 1. The Labute approximate surface area is 141 Å². The third kappa shape index (κ3) is 2.62. The molecule has 0 saturated heterocycles. The van der Waals surface area contributed by atoms with Crippen LogP contribution in [0.2, 0.25) is 0 Å². The first-order chi connectivity index (χ1) is 12.1. The molecule has 0 aliphatic heterocycles. The van der Waals surface area contributed by atoms with Gasteiger partial charge in [0.15, 0.2) is 0 Å². The Hall–Kier alpha value is -3.27. The van der Waals surface area contributed by atoms with Gasteiger partial charge in [-0.3, -0.25) is 9.36 Å². The van der Waals surface area contributed by atoms with Crippen LogP contribution in [0, 0.1) is 23.0 Å². The number of benzene rings is 1. The summed E-state index contributed by atoms with van der Waals surface area (Å²) in [7, 11) is 0. The average Bonchev–Trinajstić information content (AvgIpc) is 3.31. The lowest BCUT2D eigenvalue weighted by atomic mass is 10.2. The highest BCUT2D eigenvalue weighted by Gasteiger charge is 2.27. The SMILES string of the molecule is N#Cc1c(F)cc(-n2c(C(=O)NC3CC3)cc3cccnc32)cc1F. The van der Waals surface area contributed by atoms with Crippen molar-refractivity contribution in [2.45, 2.75) is 18.9 Å². The molecule has 1 fully saturated rings. The molecule has 0 bridgehead atoms. The van der Waals surface area contributed by atoms with Crippen LogP contribution in [0.1, 0.15) is 28.9 Å². The molecule has 5 nitrogen and oxygen atoms in total. The molecule has 0 radical (unpaired) electrons. The van der Waals surface area contributed by atoms with Crippen LogP contribution in [0.3, 0.4) is 0 Å². The maximum absolute atomic E-state index is 14.1. The first-order valence-corrected chi connectivity index (χ1v) is 7.75. The summed E-state index contributed by atoms with van der Waals surface area (Å²) in [6, 6.07) is 8.81. The van der Waals surface area contributed by atoms with Gasteiger partial charge in [0.1, 0.15) is 34.6 Å². The number of carbonyl (C=O) groups excluding carboxylic acids is 1. The Kier molecular flexibility index (Phi) is 3.46. The molecule has 25 heavy (non-hydrogen) atoms. The van der Waals surface area contributed by atoms with E-state index in [1.165, 1.54) is 16.8 Å². The summed E-state index contributed by atoms with van der Waals surface area (Å²) >= 11 is 0. The second-order valence-corrected chi connectivity index (χ2v) is 5.93. The highest BCUT2D eigenvalue weighted by Crippen LogP contribution is 2.27. The second kappa shape index (κ2) is 5.67. The Morgan fingerprint density at radius 2 is 2.00 bits per heavy atom. The van der Waals surface area contributed by atoms with Gasteiger partial charge in [0.25, 0.3) is 5.91 Å². The maximum Gasteiger partial charge on any atom is 0.268 e. The van der Waals surface area contributed by atoms with E-state index in [-0.39, 0.29) is 23.3 Å². The van der Waals surface area contributed by atoms with Crippen molar-refractivity contribution in [1.82, 2.24) is 14.9 Å². The first-order valence-electron chi connectivity index (χ1n) is 7.75. The van der Waals surface area contributed by atoms with E-state index in [1.54, 1.807) is 18.2 Å². The van der Waals surface area contributed by atoms with Crippen LogP contribution in [0.25, 0.3) is 16.7 Å². The van der Waals surface area contributed by atoms with Crippen LogP contribution in [0.5, 0.6) is 0 Å². The molecule has 1 saturated carbocycles. The summed E-state index contributed by atoms with van der Waals surface area (Å²) in [6.07, 6.45) is 3.38. The molecule has 124 valence electrons. The number of halogens is 2. The zero-order valence-corrected chi connectivity index (χ0v) is 13.0. The van der Waals surface area contributed by atoms with Gasteiger partial charge in [0, 0.05) is 17.6 Å². The average molecular weight is 338 g/mol. The molecule has 1 aromatic carbocycles. The van der Waals surface area contributed by atoms with Gasteiger partial charge in [-0.1, -0.05) is 0 Å². The van der Waals surface area contributed by atoms with Crippen molar-refractivity contribution in [2.24, 2.45) is 0 Å². The van der Waals surface area contributed by atoms with E-state index in [0.29, 0.717) is 11.0 Å². The third-order valence-electron chi connectivity index (χ3n) is 4.10. The number of nitrogens with zero attached hydrogens (tertiary/aromatic N) is 3. The van der Waals surface area contributed by atoms with Crippen molar-refractivity contribution >= 4 is 16.9 Å².